The second-order valence-electron chi connectivity index (χ2n) is 3.84. The molecule has 3 aromatic rings. The Kier molecular flexibility index (Phi) is 2.26. The third kappa shape index (κ3) is 1.63. The van der Waals surface area contributed by atoms with E-state index >= 15 is 0 Å². The minimum absolute atomic E-state index is 0.724. The molecule has 3 heterocycles. The number of hydrogen-bond donors (Lipinski definition) is 1. The van der Waals surface area contributed by atoms with Gasteiger partial charge < -0.3 is 4.98 Å². The molecule has 0 aliphatic heterocycles. The van der Waals surface area contributed by atoms with E-state index in [2.05, 4.69) is 21.6 Å². The van der Waals surface area contributed by atoms with Crippen molar-refractivity contribution in [2.45, 2.75) is 6.54 Å². The molecule has 3 rings (SSSR count). The van der Waals surface area contributed by atoms with Gasteiger partial charge in [0.05, 0.1) is 12.7 Å². The first kappa shape index (κ1) is 9.84. The normalized spacial score (nSPS) is 10.8. The van der Waals surface area contributed by atoms with E-state index in [9.17, 15) is 0 Å². The second kappa shape index (κ2) is 3.90. The Morgan fingerprint density at radius 3 is 3.24 bits per heavy atom. The Morgan fingerprint density at radius 2 is 2.35 bits per heavy atom. The van der Waals surface area contributed by atoms with Crippen molar-refractivity contribution in [2.24, 2.45) is 0 Å². The smallest absolute Gasteiger partial charge is 0.137 e. The lowest BCUT2D eigenvalue weighted by Crippen LogP contribution is -1.93. The molecule has 4 heteroatoms. The lowest BCUT2D eigenvalue weighted by molar-refractivity contribution is 0.703. The van der Waals surface area contributed by atoms with Crippen molar-refractivity contribution < 1.29 is 0 Å². The van der Waals surface area contributed by atoms with Crippen molar-refractivity contribution in [2.75, 3.05) is 0 Å². The van der Waals surface area contributed by atoms with Crippen molar-refractivity contribution in [1.82, 2.24) is 19.7 Å². The highest BCUT2D eigenvalue weighted by Crippen LogP contribution is 2.26. The average molecular weight is 224 g/mol. The Bertz CT molecular complexity index is 663. The van der Waals surface area contributed by atoms with Gasteiger partial charge in [0.1, 0.15) is 5.65 Å². The van der Waals surface area contributed by atoms with Gasteiger partial charge in [-0.2, -0.15) is 5.10 Å². The minimum atomic E-state index is 0.724. The molecule has 84 valence electrons. The number of aromatic nitrogens is 4. The fraction of sp³-hybridized carbons (Fsp3) is 0.0769. The van der Waals surface area contributed by atoms with Gasteiger partial charge >= 0.3 is 0 Å². The number of hydrogen-bond acceptors (Lipinski definition) is 2. The maximum atomic E-state index is 4.29. The molecule has 0 saturated carbocycles. The van der Waals surface area contributed by atoms with E-state index in [1.165, 1.54) is 0 Å². The van der Waals surface area contributed by atoms with Crippen molar-refractivity contribution in [1.29, 1.82) is 0 Å². The molecule has 4 nitrogen and oxygen atoms in total. The number of pyridine rings is 1. The van der Waals surface area contributed by atoms with Crippen LogP contribution in [0.15, 0.2) is 49.6 Å². The van der Waals surface area contributed by atoms with Gasteiger partial charge in [0.2, 0.25) is 0 Å². The van der Waals surface area contributed by atoms with Crippen LogP contribution in [0.4, 0.5) is 0 Å². The van der Waals surface area contributed by atoms with Gasteiger partial charge in [-0.3, -0.25) is 4.68 Å². The summed E-state index contributed by atoms with van der Waals surface area (Å²) >= 11 is 0. The zero-order valence-electron chi connectivity index (χ0n) is 9.30. The van der Waals surface area contributed by atoms with Crippen molar-refractivity contribution in [3.8, 4) is 11.1 Å². The van der Waals surface area contributed by atoms with Crippen LogP contribution in [0.2, 0.25) is 0 Å². The van der Waals surface area contributed by atoms with E-state index in [1.807, 2.05) is 41.5 Å². The van der Waals surface area contributed by atoms with Crippen LogP contribution in [0.25, 0.3) is 22.2 Å². The molecule has 0 spiro atoms. The minimum Gasteiger partial charge on any atom is -0.346 e. The summed E-state index contributed by atoms with van der Waals surface area (Å²) in [6.07, 6.45) is 9.41. The molecule has 0 fully saturated rings. The zero-order valence-corrected chi connectivity index (χ0v) is 9.30. The molecule has 0 saturated heterocycles. The highest BCUT2D eigenvalue weighted by atomic mass is 15.3. The van der Waals surface area contributed by atoms with Gasteiger partial charge in [-0.15, -0.1) is 6.58 Å². The summed E-state index contributed by atoms with van der Waals surface area (Å²) in [5.74, 6) is 0. The molecule has 0 aromatic carbocycles. The summed E-state index contributed by atoms with van der Waals surface area (Å²) < 4.78 is 1.86. The zero-order chi connectivity index (χ0) is 11.7. The van der Waals surface area contributed by atoms with Crippen LogP contribution >= 0.6 is 0 Å². The molecule has 0 bridgehead atoms. The Labute approximate surface area is 98.6 Å². The van der Waals surface area contributed by atoms with E-state index in [0.29, 0.717) is 0 Å². The SMILES string of the molecule is C=CCn1cc(-c2ccnc3[nH]ccc23)cn1. The summed E-state index contributed by atoms with van der Waals surface area (Å²) in [7, 11) is 0. The van der Waals surface area contributed by atoms with E-state index in [1.54, 1.807) is 6.20 Å². The highest BCUT2D eigenvalue weighted by molar-refractivity contribution is 5.92. The topological polar surface area (TPSA) is 46.5 Å². The van der Waals surface area contributed by atoms with Gasteiger partial charge in [0.15, 0.2) is 0 Å². The number of nitrogens with one attached hydrogen (secondary N) is 1. The van der Waals surface area contributed by atoms with Gasteiger partial charge in [-0.05, 0) is 17.7 Å². The van der Waals surface area contributed by atoms with Crippen LogP contribution in [-0.2, 0) is 6.54 Å². The van der Waals surface area contributed by atoms with Crippen LogP contribution in [0.3, 0.4) is 0 Å². The fourth-order valence-electron chi connectivity index (χ4n) is 1.95. The van der Waals surface area contributed by atoms with Crippen LogP contribution in [0.1, 0.15) is 0 Å². The fourth-order valence-corrected chi connectivity index (χ4v) is 1.95. The maximum Gasteiger partial charge on any atom is 0.137 e. The molecule has 0 amide bonds. The predicted molar refractivity (Wildman–Crippen MR) is 67.5 cm³/mol. The molecule has 3 aromatic heterocycles. The molecule has 0 unspecified atom stereocenters. The molecule has 1 N–H and O–H groups in total. The monoisotopic (exact) mass is 224 g/mol. The third-order valence-corrected chi connectivity index (χ3v) is 2.72. The summed E-state index contributed by atoms with van der Waals surface area (Å²) in [6, 6.07) is 4.04. The summed E-state index contributed by atoms with van der Waals surface area (Å²) in [5.41, 5.74) is 3.14. The molecule has 0 atom stereocenters. The lowest BCUT2D eigenvalue weighted by atomic mass is 10.1. The number of nitrogens with zero attached hydrogens (tertiary/aromatic N) is 3. The molecular weight excluding hydrogens is 212 g/mol. The molecular formula is C13H12N4. The van der Waals surface area contributed by atoms with Gasteiger partial charge in [0.25, 0.3) is 0 Å². The van der Waals surface area contributed by atoms with Crippen molar-refractivity contribution in [3.05, 3.63) is 49.6 Å². The summed E-state index contributed by atoms with van der Waals surface area (Å²) in [5, 5.41) is 5.40. The predicted octanol–water partition coefficient (Wildman–Crippen LogP) is 2.61. The van der Waals surface area contributed by atoms with Crippen LogP contribution < -0.4 is 0 Å². The summed E-state index contributed by atoms with van der Waals surface area (Å²) in [6.45, 7) is 4.43. The van der Waals surface area contributed by atoms with Crippen LogP contribution in [0, 0.1) is 0 Å². The largest absolute Gasteiger partial charge is 0.346 e. The van der Waals surface area contributed by atoms with E-state index < -0.39 is 0 Å². The first-order valence-electron chi connectivity index (χ1n) is 5.44. The van der Waals surface area contributed by atoms with E-state index in [4.69, 9.17) is 0 Å². The Morgan fingerprint density at radius 1 is 1.41 bits per heavy atom. The molecule has 0 aliphatic carbocycles. The van der Waals surface area contributed by atoms with Gasteiger partial charge in [-0.25, -0.2) is 4.98 Å². The van der Waals surface area contributed by atoms with Crippen LogP contribution in [-0.4, -0.2) is 19.7 Å². The van der Waals surface area contributed by atoms with Crippen molar-refractivity contribution in [3.63, 3.8) is 0 Å². The van der Waals surface area contributed by atoms with Gasteiger partial charge in [0, 0.05) is 29.5 Å². The standard InChI is InChI=1S/C13H12N4/c1-2-7-17-9-10(8-16-17)11-3-5-14-13-12(11)4-6-15-13/h2-6,8-9H,1,7H2,(H,14,15). The number of fused-ring (bicyclic) bond motifs is 1. The highest BCUT2D eigenvalue weighted by Gasteiger charge is 2.06. The number of aromatic amines is 1. The first-order valence-corrected chi connectivity index (χ1v) is 5.44. The number of rotatable bonds is 3. The van der Waals surface area contributed by atoms with Crippen molar-refractivity contribution >= 4 is 11.0 Å². The maximum absolute atomic E-state index is 4.29. The van der Waals surface area contributed by atoms with E-state index in [0.717, 1.165) is 28.7 Å². The third-order valence-electron chi connectivity index (χ3n) is 2.72. The second-order valence-corrected chi connectivity index (χ2v) is 3.84. The number of H-pyrrole nitrogens is 1. The lowest BCUT2D eigenvalue weighted by Gasteiger charge is -1.98. The molecule has 0 radical (unpaired) electrons. The average Bonchev–Trinajstić information content (AvgIpc) is 2.96. The van der Waals surface area contributed by atoms with Gasteiger partial charge in [-0.1, -0.05) is 6.08 Å². The van der Waals surface area contributed by atoms with E-state index in [-0.39, 0.29) is 0 Å². The van der Waals surface area contributed by atoms with Crippen LogP contribution in [0.5, 0.6) is 0 Å². The summed E-state index contributed by atoms with van der Waals surface area (Å²) in [4.78, 5) is 7.38. The molecule has 0 aliphatic rings. The number of allylic oxidation sites excluding steroid dienone is 1. The Balaban J connectivity index is 2.13. The first-order chi connectivity index (χ1) is 8.38. The quantitative estimate of drug-likeness (QED) is 0.695. The molecule has 17 heavy (non-hydrogen) atoms. The Hall–Kier alpha value is -2.36.